The van der Waals surface area contributed by atoms with Crippen molar-refractivity contribution >= 4 is 5.82 Å². The molecule has 23 heavy (non-hydrogen) atoms. The molecule has 2 aromatic rings. The van der Waals surface area contributed by atoms with E-state index in [0.717, 1.165) is 43.7 Å². The van der Waals surface area contributed by atoms with E-state index in [1.807, 2.05) is 12.3 Å². The molecule has 2 fully saturated rings. The number of hydrogen-bond donors (Lipinski definition) is 1. The van der Waals surface area contributed by atoms with E-state index in [1.165, 1.54) is 24.8 Å². The van der Waals surface area contributed by atoms with Gasteiger partial charge in [-0.05, 0) is 56.3 Å². The molecule has 0 bridgehead atoms. The zero-order valence-corrected chi connectivity index (χ0v) is 13.5. The largest absolute Gasteiger partial charge is 0.370 e. The third-order valence-corrected chi connectivity index (χ3v) is 4.63. The Labute approximate surface area is 136 Å². The first kappa shape index (κ1) is 14.6. The van der Waals surface area contributed by atoms with Crippen molar-refractivity contribution < 1.29 is 4.52 Å². The molecule has 0 radical (unpaired) electrons. The van der Waals surface area contributed by atoms with Gasteiger partial charge in [0, 0.05) is 25.2 Å². The van der Waals surface area contributed by atoms with Crippen molar-refractivity contribution in [1.29, 1.82) is 0 Å². The van der Waals surface area contributed by atoms with Crippen molar-refractivity contribution in [3.8, 4) is 0 Å². The van der Waals surface area contributed by atoms with Gasteiger partial charge in [-0.15, -0.1) is 0 Å². The maximum Gasteiger partial charge on any atom is 0.229 e. The van der Waals surface area contributed by atoms with E-state index >= 15 is 0 Å². The Morgan fingerprint density at radius 3 is 3.09 bits per heavy atom. The Morgan fingerprint density at radius 1 is 1.35 bits per heavy atom. The Balaban J connectivity index is 1.25. The summed E-state index contributed by atoms with van der Waals surface area (Å²) in [6, 6.07) is 4.11. The van der Waals surface area contributed by atoms with Crippen LogP contribution in [0.1, 0.15) is 42.5 Å². The minimum atomic E-state index is 0.536. The molecule has 0 aromatic carbocycles. The fourth-order valence-electron chi connectivity index (χ4n) is 3.13. The maximum atomic E-state index is 5.33. The van der Waals surface area contributed by atoms with Gasteiger partial charge in [0.05, 0.1) is 6.54 Å². The Morgan fingerprint density at radius 2 is 2.26 bits per heavy atom. The Hall–Kier alpha value is -1.95. The molecule has 1 N–H and O–H groups in total. The molecular weight excluding hydrogens is 290 g/mol. The van der Waals surface area contributed by atoms with Crippen LogP contribution in [0.15, 0.2) is 22.9 Å². The van der Waals surface area contributed by atoms with E-state index in [1.54, 1.807) is 0 Å². The Kier molecular flexibility index (Phi) is 3.99. The number of likely N-dealkylation sites (tertiary alicyclic amines) is 1. The van der Waals surface area contributed by atoms with Crippen LogP contribution in [0.4, 0.5) is 5.82 Å². The van der Waals surface area contributed by atoms with E-state index in [4.69, 9.17) is 4.52 Å². The Bertz CT molecular complexity index is 667. The van der Waals surface area contributed by atoms with Crippen molar-refractivity contribution in [2.45, 2.75) is 38.6 Å². The zero-order valence-electron chi connectivity index (χ0n) is 13.5. The van der Waals surface area contributed by atoms with Crippen molar-refractivity contribution in [1.82, 2.24) is 20.0 Å². The lowest BCUT2D eigenvalue weighted by atomic mass is 10.1. The molecule has 1 aliphatic heterocycles. The van der Waals surface area contributed by atoms with Gasteiger partial charge in [-0.1, -0.05) is 5.16 Å². The van der Waals surface area contributed by atoms with E-state index in [-0.39, 0.29) is 0 Å². The summed E-state index contributed by atoms with van der Waals surface area (Å²) in [5.41, 5.74) is 1.24. The summed E-state index contributed by atoms with van der Waals surface area (Å²) in [4.78, 5) is 11.3. The first-order valence-electron chi connectivity index (χ1n) is 8.47. The molecule has 122 valence electrons. The molecule has 1 atom stereocenters. The second-order valence-corrected chi connectivity index (χ2v) is 6.81. The monoisotopic (exact) mass is 313 g/mol. The second kappa shape index (κ2) is 6.28. The lowest BCUT2D eigenvalue weighted by Gasteiger charge is -2.14. The topological polar surface area (TPSA) is 67.1 Å². The summed E-state index contributed by atoms with van der Waals surface area (Å²) in [6.07, 6.45) is 5.45. The molecular formula is C17H23N5O. The zero-order chi connectivity index (χ0) is 15.6. The van der Waals surface area contributed by atoms with Gasteiger partial charge in [0.1, 0.15) is 5.82 Å². The number of aryl methyl sites for hydroxylation is 1. The van der Waals surface area contributed by atoms with Gasteiger partial charge in [0.25, 0.3) is 0 Å². The quantitative estimate of drug-likeness (QED) is 0.884. The third kappa shape index (κ3) is 3.69. The van der Waals surface area contributed by atoms with Gasteiger partial charge in [-0.25, -0.2) is 4.98 Å². The van der Waals surface area contributed by atoms with E-state index < -0.39 is 0 Å². The molecule has 0 unspecified atom stereocenters. The smallest absolute Gasteiger partial charge is 0.229 e. The minimum absolute atomic E-state index is 0.536. The average molecular weight is 313 g/mol. The van der Waals surface area contributed by atoms with Crippen molar-refractivity contribution in [3.63, 3.8) is 0 Å². The number of anilines is 1. The van der Waals surface area contributed by atoms with Crippen LogP contribution in [0.25, 0.3) is 0 Å². The SMILES string of the molecule is Cc1ccnc(NC[C@H]2CCN(Cc3noc(C4CC4)n3)C2)c1. The van der Waals surface area contributed by atoms with Gasteiger partial charge in [-0.3, -0.25) is 4.90 Å². The fraction of sp³-hybridized carbons (Fsp3) is 0.588. The van der Waals surface area contributed by atoms with Crippen LogP contribution in [0.5, 0.6) is 0 Å². The highest BCUT2D eigenvalue weighted by atomic mass is 16.5. The lowest BCUT2D eigenvalue weighted by Crippen LogP contribution is -2.23. The van der Waals surface area contributed by atoms with E-state index in [0.29, 0.717) is 11.8 Å². The highest BCUT2D eigenvalue weighted by Gasteiger charge is 2.30. The molecule has 2 aromatic heterocycles. The highest BCUT2D eigenvalue weighted by molar-refractivity contribution is 5.36. The first-order chi connectivity index (χ1) is 11.3. The van der Waals surface area contributed by atoms with Crippen LogP contribution in [0.2, 0.25) is 0 Å². The normalized spacial score (nSPS) is 21.7. The molecule has 3 heterocycles. The average Bonchev–Trinajstić information content (AvgIpc) is 3.13. The minimum Gasteiger partial charge on any atom is -0.370 e. The van der Waals surface area contributed by atoms with Crippen LogP contribution in [0, 0.1) is 12.8 Å². The van der Waals surface area contributed by atoms with Gasteiger partial charge in [0.15, 0.2) is 5.82 Å². The standard InChI is InChI=1S/C17H23N5O/c1-12-4-6-18-15(8-12)19-9-13-5-7-22(10-13)11-16-20-17(23-21-16)14-2-3-14/h4,6,8,13-14H,2-3,5,7,9-11H2,1H3,(H,18,19)/t13-/m1/s1. The number of rotatable bonds is 6. The fourth-order valence-corrected chi connectivity index (χ4v) is 3.13. The molecule has 6 nitrogen and oxygen atoms in total. The van der Waals surface area contributed by atoms with Crippen molar-refractivity contribution in [2.75, 3.05) is 25.0 Å². The number of hydrogen-bond acceptors (Lipinski definition) is 6. The van der Waals surface area contributed by atoms with Crippen LogP contribution in [-0.4, -0.2) is 39.7 Å². The van der Waals surface area contributed by atoms with E-state index in [9.17, 15) is 0 Å². The van der Waals surface area contributed by atoms with Gasteiger partial charge in [0.2, 0.25) is 5.89 Å². The predicted molar refractivity (Wildman–Crippen MR) is 87.1 cm³/mol. The number of nitrogens with zero attached hydrogens (tertiary/aromatic N) is 4. The predicted octanol–water partition coefficient (Wildman–Crippen LogP) is 2.58. The molecule has 2 aliphatic rings. The molecule has 4 rings (SSSR count). The van der Waals surface area contributed by atoms with Gasteiger partial charge >= 0.3 is 0 Å². The molecule has 1 aliphatic carbocycles. The van der Waals surface area contributed by atoms with Crippen LogP contribution < -0.4 is 5.32 Å². The molecule has 0 spiro atoms. The van der Waals surface area contributed by atoms with Gasteiger partial charge < -0.3 is 9.84 Å². The third-order valence-electron chi connectivity index (χ3n) is 4.63. The number of nitrogens with one attached hydrogen (secondary N) is 1. The maximum absolute atomic E-state index is 5.33. The first-order valence-corrected chi connectivity index (χ1v) is 8.47. The molecule has 1 saturated heterocycles. The van der Waals surface area contributed by atoms with Crippen LogP contribution in [-0.2, 0) is 6.54 Å². The highest BCUT2D eigenvalue weighted by Crippen LogP contribution is 2.38. The van der Waals surface area contributed by atoms with Crippen LogP contribution in [0.3, 0.4) is 0 Å². The summed E-state index contributed by atoms with van der Waals surface area (Å²) in [7, 11) is 0. The van der Waals surface area contributed by atoms with E-state index in [2.05, 4.69) is 38.3 Å². The molecule has 0 amide bonds. The summed E-state index contributed by atoms with van der Waals surface area (Å²) >= 11 is 0. The van der Waals surface area contributed by atoms with Gasteiger partial charge in [-0.2, -0.15) is 4.98 Å². The summed E-state index contributed by atoms with van der Waals surface area (Å²) in [5.74, 6) is 3.82. The van der Waals surface area contributed by atoms with Crippen molar-refractivity contribution in [2.24, 2.45) is 5.92 Å². The summed E-state index contributed by atoms with van der Waals surface area (Å²) < 4.78 is 5.33. The summed E-state index contributed by atoms with van der Waals surface area (Å²) in [5, 5.41) is 7.57. The molecule has 1 saturated carbocycles. The number of aromatic nitrogens is 3. The number of pyridine rings is 1. The lowest BCUT2D eigenvalue weighted by molar-refractivity contribution is 0.300. The van der Waals surface area contributed by atoms with Crippen LogP contribution >= 0.6 is 0 Å². The molecule has 6 heteroatoms. The van der Waals surface area contributed by atoms with Crippen molar-refractivity contribution in [3.05, 3.63) is 35.6 Å². The summed E-state index contributed by atoms with van der Waals surface area (Å²) in [6.45, 7) is 6.03. The second-order valence-electron chi connectivity index (χ2n) is 6.81.